The molecule has 0 aliphatic heterocycles. The Balaban J connectivity index is 3.31. The Morgan fingerprint density at radius 1 is 1.29 bits per heavy atom. The summed E-state index contributed by atoms with van der Waals surface area (Å²) >= 11 is 5.41. The van der Waals surface area contributed by atoms with Crippen LogP contribution in [0.2, 0.25) is 0 Å². The molecule has 0 atom stereocenters. The van der Waals surface area contributed by atoms with Gasteiger partial charge in [-0.15, -0.1) is 0 Å². The van der Waals surface area contributed by atoms with E-state index in [1.807, 2.05) is 20.8 Å². The Morgan fingerprint density at radius 2 is 1.88 bits per heavy atom. The van der Waals surface area contributed by atoms with Crippen LogP contribution in [0.5, 0.6) is 5.75 Å². The van der Waals surface area contributed by atoms with Gasteiger partial charge in [-0.1, -0.05) is 20.8 Å². The van der Waals surface area contributed by atoms with Gasteiger partial charge in [-0.3, -0.25) is 4.79 Å². The van der Waals surface area contributed by atoms with E-state index in [1.54, 1.807) is 6.07 Å². The minimum Gasteiger partial charge on any atom is -0.410 e. The largest absolute Gasteiger partial charge is 0.410 e. The summed E-state index contributed by atoms with van der Waals surface area (Å²) in [6.45, 7) is 5.79. The number of halogens is 1. The van der Waals surface area contributed by atoms with Gasteiger partial charge < -0.3 is 10.5 Å². The third-order valence-electron chi connectivity index (χ3n) is 2.23. The fourth-order valence-corrected chi connectivity index (χ4v) is 1.55. The molecule has 0 saturated heterocycles. The molecule has 0 radical (unpaired) electrons. The van der Waals surface area contributed by atoms with Gasteiger partial charge in [0.2, 0.25) is 0 Å². The first-order valence-corrected chi connectivity index (χ1v) is 5.41. The van der Waals surface area contributed by atoms with Crippen LogP contribution in [0.25, 0.3) is 0 Å². The van der Waals surface area contributed by atoms with Gasteiger partial charge in [0, 0.05) is 11.1 Å². The summed E-state index contributed by atoms with van der Waals surface area (Å²) < 4.78 is 4.89. The normalized spacial score (nSPS) is 11.1. The van der Waals surface area contributed by atoms with Gasteiger partial charge in [0.05, 0.1) is 0 Å². The number of carbonyl (C=O) groups is 2. The van der Waals surface area contributed by atoms with E-state index in [-0.39, 0.29) is 5.41 Å². The molecule has 5 heteroatoms. The molecular formula is C12H14ClNO3. The second kappa shape index (κ2) is 4.75. The molecule has 1 aromatic carbocycles. The molecule has 4 nitrogen and oxygen atoms in total. The van der Waals surface area contributed by atoms with Gasteiger partial charge in [-0.2, -0.15) is 0 Å². The lowest BCUT2D eigenvalue weighted by Crippen LogP contribution is -2.20. The van der Waals surface area contributed by atoms with Crippen LogP contribution in [0.15, 0.2) is 18.2 Å². The second-order valence-electron chi connectivity index (χ2n) is 4.66. The molecule has 0 aliphatic rings. The predicted octanol–water partition coefficient (Wildman–Crippen LogP) is 2.82. The van der Waals surface area contributed by atoms with Gasteiger partial charge in [-0.05, 0) is 35.2 Å². The molecule has 0 unspecified atom stereocenters. The highest BCUT2D eigenvalue weighted by Crippen LogP contribution is 2.32. The minimum absolute atomic E-state index is 0.298. The van der Waals surface area contributed by atoms with Gasteiger partial charge in [-0.25, -0.2) is 4.79 Å². The average Bonchev–Trinajstić information content (AvgIpc) is 2.15. The molecule has 0 bridgehead atoms. The molecule has 0 saturated carbocycles. The van der Waals surface area contributed by atoms with Crippen molar-refractivity contribution in [3.8, 4) is 5.75 Å². The maximum atomic E-state index is 11.1. The third-order valence-corrected chi connectivity index (χ3v) is 2.44. The zero-order chi connectivity index (χ0) is 13.2. The highest BCUT2D eigenvalue weighted by atomic mass is 35.5. The number of hydrogen-bond donors (Lipinski definition) is 1. The molecule has 2 N–H and O–H groups in total. The Bertz CT molecular complexity index is 463. The number of amides is 1. The quantitative estimate of drug-likeness (QED) is 0.826. The number of primary amides is 1. The average molecular weight is 256 g/mol. The van der Waals surface area contributed by atoms with E-state index in [2.05, 4.69) is 0 Å². The first-order valence-electron chi connectivity index (χ1n) is 5.03. The van der Waals surface area contributed by atoms with Gasteiger partial charge in [0.1, 0.15) is 5.75 Å². The summed E-state index contributed by atoms with van der Waals surface area (Å²) in [5.74, 6) is 0.340. The fourth-order valence-electron chi connectivity index (χ4n) is 1.44. The molecule has 1 rings (SSSR count). The van der Waals surface area contributed by atoms with E-state index in [0.717, 1.165) is 0 Å². The second-order valence-corrected chi connectivity index (χ2v) is 5.00. The molecule has 17 heavy (non-hydrogen) atoms. The first kappa shape index (κ1) is 13.5. The van der Waals surface area contributed by atoms with Crippen LogP contribution in [0.3, 0.4) is 0 Å². The monoisotopic (exact) mass is 255 g/mol. The molecule has 92 valence electrons. The van der Waals surface area contributed by atoms with Crippen molar-refractivity contribution in [2.24, 2.45) is 5.73 Å². The lowest BCUT2D eigenvalue weighted by Gasteiger charge is -2.22. The molecule has 0 spiro atoms. The fraction of sp³-hybridized carbons (Fsp3) is 0.333. The molecular weight excluding hydrogens is 242 g/mol. The summed E-state index contributed by atoms with van der Waals surface area (Å²) in [6.07, 6.45) is -0.888. The number of hydrogen-bond acceptors (Lipinski definition) is 3. The van der Waals surface area contributed by atoms with Crippen molar-refractivity contribution >= 4 is 22.9 Å². The Labute approximate surface area is 105 Å². The van der Waals surface area contributed by atoms with Crippen LogP contribution < -0.4 is 10.5 Å². The van der Waals surface area contributed by atoms with Crippen molar-refractivity contribution < 1.29 is 14.3 Å². The van der Waals surface area contributed by atoms with Crippen LogP contribution in [0.1, 0.15) is 36.7 Å². The molecule has 1 amide bonds. The Hall–Kier alpha value is -1.55. The summed E-state index contributed by atoms with van der Waals surface area (Å²) in [4.78, 5) is 21.9. The first-order chi connectivity index (χ1) is 7.71. The lowest BCUT2D eigenvalue weighted by molar-refractivity contribution is 0.108. The van der Waals surface area contributed by atoms with Crippen molar-refractivity contribution in [1.29, 1.82) is 0 Å². The van der Waals surface area contributed by atoms with Crippen molar-refractivity contribution in [2.45, 2.75) is 26.2 Å². The predicted molar refractivity (Wildman–Crippen MR) is 65.5 cm³/mol. The van der Waals surface area contributed by atoms with E-state index < -0.39 is 11.3 Å². The summed E-state index contributed by atoms with van der Waals surface area (Å²) in [5, 5.41) is -0.555. The van der Waals surface area contributed by atoms with E-state index in [0.29, 0.717) is 16.9 Å². The number of rotatable bonds is 2. The number of benzene rings is 1. The van der Waals surface area contributed by atoms with Crippen LogP contribution >= 0.6 is 11.6 Å². The highest BCUT2D eigenvalue weighted by molar-refractivity contribution is 6.67. The maximum Gasteiger partial charge on any atom is 0.409 e. The zero-order valence-electron chi connectivity index (χ0n) is 9.91. The lowest BCUT2D eigenvalue weighted by atomic mass is 9.85. The minimum atomic E-state index is -0.888. The SMILES string of the molecule is CC(C)(C)c1cc(C(=O)Cl)ccc1OC(N)=O. The van der Waals surface area contributed by atoms with Crippen LogP contribution in [0.4, 0.5) is 4.79 Å². The van der Waals surface area contributed by atoms with Crippen LogP contribution in [0, 0.1) is 0 Å². The smallest absolute Gasteiger partial charge is 0.409 e. The molecule has 0 heterocycles. The van der Waals surface area contributed by atoms with Crippen LogP contribution in [-0.2, 0) is 5.41 Å². The van der Waals surface area contributed by atoms with E-state index >= 15 is 0 Å². The number of nitrogens with two attached hydrogens (primary N) is 1. The van der Waals surface area contributed by atoms with Gasteiger partial charge in [0.25, 0.3) is 5.24 Å². The topological polar surface area (TPSA) is 69.4 Å². The third kappa shape index (κ3) is 3.46. The molecule has 1 aromatic rings. The van der Waals surface area contributed by atoms with E-state index in [1.165, 1.54) is 12.1 Å². The van der Waals surface area contributed by atoms with Crippen LogP contribution in [-0.4, -0.2) is 11.3 Å². The van der Waals surface area contributed by atoms with Crippen molar-refractivity contribution in [3.63, 3.8) is 0 Å². The number of carbonyl (C=O) groups excluding carboxylic acids is 2. The van der Waals surface area contributed by atoms with E-state index in [9.17, 15) is 9.59 Å². The molecule has 0 aromatic heterocycles. The summed E-state index contributed by atoms with van der Waals surface area (Å²) in [5.41, 5.74) is 5.73. The molecule has 0 aliphatic carbocycles. The van der Waals surface area contributed by atoms with E-state index in [4.69, 9.17) is 22.1 Å². The standard InChI is InChI=1S/C12H14ClNO3/c1-12(2,3)8-6-7(10(13)15)4-5-9(8)17-11(14)16/h4-6H,1-3H3,(H2,14,16). The zero-order valence-corrected chi connectivity index (χ0v) is 10.7. The van der Waals surface area contributed by atoms with Crippen molar-refractivity contribution in [3.05, 3.63) is 29.3 Å². The Kier molecular flexibility index (Phi) is 3.78. The van der Waals surface area contributed by atoms with Gasteiger partial charge >= 0.3 is 6.09 Å². The van der Waals surface area contributed by atoms with Gasteiger partial charge in [0.15, 0.2) is 0 Å². The highest BCUT2D eigenvalue weighted by Gasteiger charge is 2.21. The van der Waals surface area contributed by atoms with Crippen molar-refractivity contribution in [1.82, 2.24) is 0 Å². The maximum absolute atomic E-state index is 11.1. The summed E-state index contributed by atoms with van der Waals surface area (Å²) in [7, 11) is 0. The summed E-state index contributed by atoms with van der Waals surface area (Å²) in [6, 6.07) is 4.61. The van der Waals surface area contributed by atoms with Crippen molar-refractivity contribution in [2.75, 3.05) is 0 Å². The Morgan fingerprint density at radius 3 is 2.29 bits per heavy atom. The number of ether oxygens (including phenoxy) is 1. The molecule has 0 fully saturated rings.